The maximum absolute atomic E-state index is 14.8. The molecule has 7 heteroatoms. The van der Waals surface area contributed by atoms with Crippen molar-refractivity contribution in [3.8, 4) is 5.75 Å². The fourth-order valence-electron chi connectivity index (χ4n) is 4.20. The first-order valence-corrected chi connectivity index (χ1v) is 10.4. The minimum atomic E-state index is -0.982. The molecule has 31 heavy (non-hydrogen) atoms. The highest BCUT2D eigenvalue weighted by molar-refractivity contribution is 6.46. The summed E-state index contributed by atoms with van der Waals surface area (Å²) in [4.78, 5) is 28.3. The summed E-state index contributed by atoms with van der Waals surface area (Å²) in [5, 5.41) is 11.1. The van der Waals surface area contributed by atoms with Crippen LogP contribution in [0, 0.1) is 5.82 Å². The van der Waals surface area contributed by atoms with E-state index in [0.717, 1.165) is 16.2 Å². The zero-order valence-corrected chi connectivity index (χ0v) is 17.8. The first kappa shape index (κ1) is 21.1. The van der Waals surface area contributed by atoms with Crippen molar-refractivity contribution in [2.75, 3.05) is 27.2 Å². The average molecular weight is 425 g/mol. The number of nitrogens with zero attached hydrogens (tertiary/aromatic N) is 1. The molecule has 4 rings (SSSR count). The van der Waals surface area contributed by atoms with Crippen LogP contribution in [0.4, 0.5) is 4.39 Å². The summed E-state index contributed by atoms with van der Waals surface area (Å²) >= 11 is 0. The molecule has 1 amide bonds. The highest BCUT2D eigenvalue weighted by atomic mass is 19.1. The van der Waals surface area contributed by atoms with Gasteiger partial charge in [-0.15, -0.1) is 0 Å². The van der Waals surface area contributed by atoms with Gasteiger partial charge < -0.3 is 19.6 Å². The molecule has 6 nitrogen and oxygen atoms in total. The smallest absolute Gasteiger partial charge is 0.295 e. The summed E-state index contributed by atoms with van der Waals surface area (Å²) in [5.41, 5.74) is 1.43. The number of rotatable bonds is 5. The summed E-state index contributed by atoms with van der Waals surface area (Å²) in [6, 6.07) is 10.2. The number of amides is 1. The Kier molecular flexibility index (Phi) is 5.54. The van der Waals surface area contributed by atoms with Gasteiger partial charge in [0.25, 0.3) is 11.7 Å². The number of fused-ring (bicyclic) bond motifs is 1. The fourth-order valence-corrected chi connectivity index (χ4v) is 4.20. The van der Waals surface area contributed by atoms with Crippen LogP contribution in [0.5, 0.6) is 5.75 Å². The molecule has 0 aliphatic carbocycles. The minimum absolute atomic E-state index is 0.0323. The molecule has 0 unspecified atom stereocenters. The van der Waals surface area contributed by atoms with Gasteiger partial charge in [0, 0.05) is 17.5 Å². The van der Waals surface area contributed by atoms with Gasteiger partial charge in [-0.3, -0.25) is 9.59 Å². The Hall–Kier alpha value is -3.19. The predicted octanol–water partition coefficient (Wildman–Crippen LogP) is 1.72. The number of carbonyl (C=O) groups is 2. The van der Waals surface area contributed by atoms with Crippen molar-refractivity contribution in [1.82, 2.24) is 4.90 Å². The molecule has 1 saturated heterocycles. The van der Waals surface area contributed by atoms with E-state index in [2.05, 4.69) is 0 Å². The van der Waals surface area contributed by atoms with Crippen LogP contribution in [-0.2, 0) is 16.0 Å². The maximum Gasteiger partial charge on any atom is 0.295 e. The summed E-state index contributed by atoms with van der Waals surface area (Å²) in [7, 11) is 3.87. The molecule has 2 N–H and O–H groups in total. The van der Waals surface area contributed by atoms with Crippen molar-refractivity contribution in [3.63, 3.8) is 0 Å². The molecule has 0 saturated carbocycles. The summed E-state index contributed by atoms with van der Waals surface area (Å²) in [6.07, 6.45) is 0.720. The quantitative estimate of drug-likeness (QED) is 0.435. The second-order valence-electron chi connectivity index (χ2n) is 8.43. The second-order valence-corrected chi connectivity index (χ2v) is 8.43. The Bertz CT molecular complexity index is 1080. The molecule has 0 radical (unpaired) electrons. The second kappa shape index (κ2) is 8.15. The molecule has 0 spiro atoms. The monoisotopic (exact) mass is 425 g/mol. The van der Waals surface area contributed by atoms with Crippen molar-refractivity contribution in [1.29, 1.82) is 0 Å². The summed E-state index contributed by atoms with van der Waals surface area (Å²) in [5.74, 6) is -1.62. The number of aliphatic hydroxyl groups is 1. The number of ether oxygens (including phenoxy) is 1. The number of hydrogen-bond acceptors (Lipinski definition) is 4. The Balaban J connectivity index is 1.84. The Morgan fingerprint density at radius 1 is 1.23 bits per heavy atom. The maximum atomic E-state index is 14.8. The van der Waals surface area contributed by atoms with E-state index in [-0.39, 0.29) is 29.5 Å². The third-order valence-corrected chi connectivity index (χ3v) is 5.76. The number of hydrogen-bond donors (Lipinski definition) is 2. The lowest BCUT2D eigenvalue weighted by molar-refractivity contribution is -0.857. The average Bonchev–Trinajstić information content (AvgIpc) is 3.22. The van der Waals surface area contributed by atoms with Crippen molar-refractivity contribution in [2.45, 2.75) is 25.5 Å². The van der Waals surface area contributed by atoms with Gasteiger partial charge in [0.2, 0.25) is 0 Å². The highest BCUT2D eigenvalue weighted by Crippen LogP contribution is 2.41. The van der Waals surface area contributed by atoms with E-state index in [1.165, 1.54) is 11.0 Å². The van der Waals surface area contributed by atoms with Gasteiger partial charge in [-0.1, -0.05) is 18.2 Å². The highest BCUT2D eigenvalue weighted by Gasteiger charge is 2.47. The number of aliphatic hydroxyl groups excluding tert-OH is 1. The Morgan fingerprint density at radius 2 is 1.97 bits per heavy atom. The summed E-state index contributed by atoms with van der Waals surface area (Å²) < 4.78 is 20.5. The Morgan fingerprint density at radius 3 is 2.68 bits per heavy atom. The molecule has 2 aromatic rings. The lowest BCUT2D eigenvalue weighted by Gasteiger charge is -2.26. The molecule has 2 aliphatic rings. The van der Waals surface area contributed by atoms with Crippen LogP contribution in [0.1, 0.15) is 29.7 Å². The molecule has 1 fully saturated rings. The number of ketones is 1. The van der Waals surface area contributed by atoms with E-state index in [9.17, 15) is 19.1 Å². The molecule has 0 aromatic heterocycles. The normalized spacial score (nSPS) is 22.2. The first-order chi connectivity index (χ1) is 14.8. The van der Waals surface area contributed by atoms with E-state index in [1.54, 1.807) is 36.4 Å². The predicted molar refractivity (Wildman–Crippen MR) is 113 cm³/mol. The standard InChI is InChI=1S/C24H25FN2O4/c1-14-12-16-13-15(8-9-19(16)31-14)22(28)20-21(17-6-4-5-7-18(17)25)27(11-10-26(2)3)24(30)23(20)29/h4-9,13-14,21,28H,10-12H2,1-3H3/p+1/b22-20+/t14-,21-/m0/s1. The van der Waals surface area contributed by atoms with Crippen LogP contribution in [0.2, 0.25) is 0 Å². The van der Waals surface area contributed by atoms with Crippen LogP contribution >= 0.6 is 0 Å². The van der Waals surface area contributed by atoms with Gasteiger partial charge in [-0.05, 0) is 36.8 Å². The first-order valence-electron chi connectivity index (χ1n) is 10.4. The van der Waals surface area contributed by atoms with Gasteiger partial charge in [-0.25, -0.2) is 4.39 Å². The largest absolute Gasteiger partial charge is 0.507 e. The van der Waals surface area contributed by atoms with Crippen molar-refractivity contribution < 1.29 is 28.7 Å². The molecule has 2 aliphatic heterocycles. The van der Waals surface area contributed by atoms with E-state index < -0.39 is 23.5 Å². The molecule has 2 heterocycles. The lowest BCUT2D eigenvalue weighted by atomic mass is 9.94. The zero-order valence-electron chi connectivity index (χ0n) is 17.8. The van der Waals surface area contributed by atoms with Crippen LogP contribution in [-0.4, -0.2) is 55.0 Å². The van der Waals surface area contributed by atoms with E-state index >= 15 is 0 Å². The van der Waals surface area contributed by atoms with Crippen LogP contribution in [0.25, 0.3) is 5.76 Å². The van der Waals surface area contributed by atoms with E-state index in [0.29, 0.717) is 18.5 Å². The summed E-state index contributed by atoms with van der Waals surface area (Å²) in [6.45, 7) is 2.79. The van der Waals surface area contributed by atoms with Gasteiger partial charge in [-0.2, -0.15) is 0 Å². The molecule has 0 bridgehead atoms. The van der Waals surface area contributed by atoms with E-state index in [1.807, 2.05) is 21.0 Å². The molecular weight excluding hydrogens is 399 g/mol. The minimum Gasteiger partial charge on any atom is -0.507 e. The third kappa shape index (κ3) is 3.81. The number of Topliss-reactive ketones (excluding diaryl/α,β-unsaturated/α-hetero) is 1. The van der Waals surface area contributed by atoms with Crippen molar-refractivity contribution >= 4 is 17.4 Å². The van der Waals surface area contributed by atoms with Crippen molar-refractivity contribution in [3.05, 3.63) is 70.5 Å². The van der Waals surface area contributed by atoms with Crippen LogP contribution in [0.3, 0.4) is 0 Å². The van der Waals surface area contributed by atoms with Crippen LogP contribution < -0.4 is 9.64 Å². The number of likely N-dealkylation sites (N-methyl/N-ethyl adjacent to an activating group) is 1. The zero-order chi connectivity index (χ0) is 22.3. The fraction of sp³-hybridized carbons (Fsp3) is 0.333. The SMILES string of the molecule is C[C@H]1Cc2cc(/C(O)=C3\C(=O)C(=O)N(CC[NH+](C)C)[C@H]3c3ccccc3F)ccc2O1. The molecule has 162 valence electrons. The van der Waals surface area contributed by atoms with Gasteiger partial charge in [0.15, 0.2) is 0 Å². The van der Waals surface area contributed by atoms with Gasteiger partial charge in [0.1, 0.15) is 23.4 Å². The van der Waals surface area contributed by atoms with Crippen LogP contribution in [0.15, 0.2) is 48.0 Å². The number of benzene rings is 2. The molecular formula is C24H26FN2O4+. The Labute approximate surface area is 180 Å². The molecule has 2 aromatic carbocycles. The third-order valence-electron chi connectivity index (χ3n) is 5.76. The van der Waals surface area contributed by atoms with Gasteiger partial charge >= 0.3 is 0 Å². The van der Waals surface area contributed by atoms with Crippen molar-refractivity contribution in [2.24, 2.45) is 0 Å². The topological polar surface area (TPSA) is 71.3 Å². The van der Waals surface area contributed by atoms with E-state index in [4.69, 9.17) is 4.74 Å². The number of quaternary nitrogens is 1. The number of halogens is 1. The number of nitrogens with one attached hydrogen (secondary N) is 1. The lowest BCUT2D eigenvalue weighted by Crippen LogP contribution is -3.06. The number of carbonyl (C=O) groups excluding carboxylic acids is 2. The van der Waals surface area contributed by atoms with Gasteiger partial charge in [0.05, 0.1) is 38.8 Å². The molecule has 2 atom stereocenters. The number of likely N-dealkylation sites (tertiary alicyclic amines) is 1.